The van der Waals surface area contributed by atoms with Crippen molar-refractivity contribution in [3.63, 3.8) is 0 Å². The van der Waals surface area contributed by atoms with E-state index in [0.29, 0.717) is 17.9 Å². The Hall–Kier alpha value is -0.970. The summed E-state index contributed by atoms with van der Waals surface area (Å²) in [6.45, 7) is 3.99. The Bertz CT molecular complexity index is 353. The molecule has 0 amide bonds. The Morgan fingerprint density at radius 1 is 1.53 bits per heavy atom. The Labute approximate surface area is 107 Å². The highest BCUT2D eigenvalue weighted by atomic mass is 32.2. The van der Waals surface area contributed by atoms with Crippen LogP contribution < -0.4 is 10.1 Å². The van der Waals surface area contributed by atoms with Crippen LogP contribution in [0.5, 0.6) is 5.88 Å². The van der Waals surface area contributed by atoms with Crippen molar-refractivity contribution in [1.29, 1.82) is 0 Å². The smallest absolute Gasteiger partial charge is 0.226 e. The van der Waals surface area contributed by atoms with Crippen molar-refractivity contribution in [2.24, 2.45) is 0 Å². The summed E-state index contributed by atoms with van der Waals surface area (Å²) >= 11 is 1.99. The van der Waals surface area contributed by atoms with Crippen molar-refractivity contribution < 1.29 is 4.74 Å². The van der Waals surface area contributed by atoms with E-state index in [0.717, 1.165) is 5.75 Å². The van der Waals surface area contributed by atoms with Gasteiger partial charge in [0, 0.05) is 24.1 Å². The van der Waals surface area contributed by atoms with Gasteiger partial charge in [-0.05, 0) is 32.4 Å². The number of nitrogens with one attached hydrogen (secondary N) is 1. The lowest BCUT2D eigenvalue weighted by Gasteiger charge is -2.22. The van der Waals surface area contributed by atoms with E-state index in [1.54, 1.807) is 12.3 Å². The molecule has 0 spiro atoms. The van der Waals surface area contributed by atoms with Gasteiger partial charge in [-0.25, -0.2) is 4.98 Å². The number of anilines is 1. The summed E-state index contributed by atoms with van der Waals surface area (Å²) in [7, 11) is 0. The van der Waals surface area contributed by atoms with Gasteiger partial charge >= 0.3 is 0 Å². The highest BCUT2D eigenvalue weighted by Gasteiger charge is 2.14. The lowest BCUT2D eigenvalue weighted by atomic mass is 10.2. The second-order valence-corrected chi connectivity index (χ2v) is 5.59. The number of hydrogen-bond donors (Lipinski definition) is 1. The largest absolute Gasteiger partial charge is 0.475 e. The Kier molecular flexibility index (Phi) is 4.48. The Morgan fingerprint density at radius 3 is 3.12 bits per heavy atom. The highest BCUT2D eigenvalue weighted by Crippen LogP contribution is 2.20. The van der Waals surface area contributed by atoms with Crippen LogP contribution in [-0.2, 0) is 0 Å². The third-order valence-corrected chi connectivity index (χ3v) is 3.70. The van der Waals surface area contributed by atoms with Crippen LogP contribution in [0.2, 0.25) is 0 Å². The Morgan fingerprint density at radius 2 is 2.41 bits per heavy atom. The van der Waals surface area contributed by atoms with Gasteiger partial charge in [0.25, 0.3) is 0 Å². The second-order valence-electron chi connectivity index (χ2n) is 4.44. The highest BCUT2D eigenvalue weighted by molar-refractivity contribution is 7.99. The van der Waals surface area contributed by atoms with Crippen LogP contribution in [0.1, 0.15) is 26.7 Å². The first-order chi connectivity index (χ1) is 8.24. The molecule has 1 aromatic heterocycles. The summed E-state index contributed by atoms with van der Waals surface area (Å²) < 4.78 is 5.55. The minimum atomic E-state index is 0.142. The lowest BCUT2D eigenvalue weighted by Crippen LogP contribution is -2.26. The molecular weight excluding hydrogens is 234 g/mol. The molecule has 1 aliphatic rings. The van der Waals surface area contributed by atoms with Gasteiger partial charge in [0.05, 0.1) is 6.10 Å². The summed E-state index contributed by atoms with van der Waals surface area (Å²) in [5.74, 6) is 3.73. The van der Waals surface area contributed by atoms with E-state index in [9.17, 15) is 0 Å². The molecule has 0 bridgehead atoms. The van der Waals surface area contributed by atoms with Gasteiger partial charge in [-0.1, -0.05) is 0 Å². The quantitative estimate of drug-likeness (QED) is 0.893. The lowest BCUT2D eigenvalue weighted by molar-refractivity contribution is 0.232. The third kappa shape index (κ3) is 4.07. The van der Waals surface area contributed by atoms with Crippen LogP contribution in [0, 0.1) is 0 Å². The number of thioether (sulfide) groups is 1. The number of aromatic nitrogens is 2. The van der Waals surface area contributed by atoms with E-state index in [2.05, 4.69) is 15.3 Å². The van der Waals surface area contributed by atoms with Gasteiger partial charge < -0.3 is 10.1 Å². The molecule has 0 radical (unpaired) electrons. The van der Waals surface area contributed by atoms with Crippen molar-refractivity contribution in [1.82, 2.24) is 9.97 Å². The van der Waals surface area contributed by atoms with Gasteiger partial charge in [-0.3, -0.25) is 0 Å². The summed E-state index contributed by atoms with van der Waals surface area (Å²) in [6, 6.07) is 2.28. The van der Waals surface area contributed by atoms with Crippen LogP contribution in [0.3, 0.4) is 0 Å². The van der Waals surface area contributed by atoms with Gasteiger partial charge in [-0.2, -0.15) is 16.7 Å². The molecule has 1 unspecified atom stereocenters. The van der Waals surface area contributed by atoms with Crippen molar-refractivity contribution in [2.45, 2.75) is 38.8 Å². The predicted molar refractivity (Wildman–Crippen MR) is 71.8 cm³/mol. The summed E-state index contributed by atoms with van der Waals surface area (Å²) in [4.78, 5) is 8.58. The number of hydrogen-bond acceptors (Lipinski definition) is 5. The molecule has 1 N–H and O–H groups in total. The van der Waals surface area contributed by atoms with Crippen LogP contribution in [-0.4, -0.2) is 33.6 Å². The summed E-state index contributed by atoms with van der Waals surface area (Å²) in [5, 5.41) is 3.37. The van der Waals surface area contributed by atoms with E-state index >= 15 is 0 Å². The van der Waals surface area contributed by atoms with Crippen molar-refractivity contribution >= 4 is 17.7 Å². The molecule has 0 aliphatic carbocycles. The minimum Gasteiger partial charge on any atom is -0.475 e. The van der Waals surface area contributed by atoms with E-state index in [4.69, 9.17) is 4.74 Å². The van der Waals surface area contributed by atoms with Crippen LogP contribution in [0.4, 0.5) is 5.95 Å². The third-order valence-electron chi connectivity index (χ3n) is 2.48. The molecule has 94 valence electrons. The molecule has 1 aliphatic heterocycles. The molecule has 1 aromatic rings. The summed E-state index contributed by atoms with van der Waals surface area (Å²) in [6.07, 6.45) is 4.35. The van der Waals surface area contributed by atoms with Crippen molar-refractivity contribution in [2.75, 3.05) is 16.8 Å². The molecule has 2 heterocycles. The molecule has 4 nitrogen and oxygen atoms in total. The van der Waals surface area contributed by atoms with E-state index in [1.165, 1.54) is 18.6 Å². The van der Waals surface area contributed by atoms with Gasteiger partial charge in [0.15, 0.2) is 0 Å². The SMILES string of the molecule is CC(C)Oc1ccnc(NC2CCCSC2)n1. The average Bonchev–Trinajstić information content (AvgIpc) is 2.30. The predicted octanol–water partition coefficient (Wildman–Crippen LogP) is 2.57. The van der Waals surface area contributed by atoms with Gasteiger partial charge in [0.2, 0.25) is 11.8 Å². The zero-order valence-corrected chi connectivity index (χ0v) is 11.2. The molecule has 0 aromatic carbocycles. The fraction of sp³-hybridized carbons (Fsp3) is 0.667. The van der Waals surface area contributed by atoms with Gasteiger partial charge in [0.1, 0.15) is 0 Å². The van der Waals surface area contributed by atoms with Crippen LogP contribution >= 0.6 is 11.8 Å². The minimum absolute atomic E-state index is 0.142. The zero-order valence-electron chi connectivity index (χ0n) is 10.3. The fourth-order valence-corrected chi connectivity index (χ4v) is 2.83. The molecule has 17 heavy (non-hydrogen) atoms. The molecule has 5 heteroatoms. The number of rotatable bonds is 4. The molecule has 1 saturated heterocycles. The zero-order chi connectivity index (χ0) is 12.1. The van der Waals surface area contributed by atoms with E-state index < -0.39 is 0 Å². The maximum Gasteiger partial charge on any atom is 0.226 e. The molecule has 2 rings (SSSR count). The molecule has 1 fully saturated rings. The first-order valence-electron chi connectivity index (χ1n) is 6.08. The molecular formula is C12H19N3OS. The van der Waals surface area contributed by atoms with Crippen molar-refractivity contribution in [3.05, 3.63) is 12.3 Å². The Balaban J connectivity index is 1.95. The van der Waals surface area contributed by atoms with E-state index in [-0.39, 0.29) is 6.10 Å². The maximum absolute atomic E-state index is 5.55. The standard InChI is InChI=1S/C12H19N3OS/c1-9(2)16-11-5-6-13-12(15-11)14-10-4-3-7-17-8-10/h5-6,9-10H,3-4,7-8H2,1-2H3,(H,13,14,15). The first-order valence-corrected chi connectivity index (χ1v) is 7.23. The maximum atomic E-state index is 5.55. The molecule has 0 saturated carbocycles. The first kappa shape index (κ1) is 12.5. The average molecular weight is 253 g/mol. The fourth-order valence-electron chi connectivity index (χ4n) is 1.76. The van der Waals surface area contributed by atoms with E-state index in [1.807, 2.05) is 25.6 Å². The van der Waals surface area contributed by atoms with Gasteiger partial charge in [-0.15, -0.1) is 0 Å². The monoisotopic (exact) mass is 253 g/mol. The number of ether oxygens (including phenoxy) is 1. The van der Waals surface area contributed by atoms with Crippen LogP contribution in [0.15, 0.2) is 12.3 Å². The number of nitrogens with zero attached hydrogens (tertiary/aromatic N) is 2. The second kappa shape index (κ2) is 6.10. The normalized spacial score (nSPS) is 20.3. The topological polar surface area (TPSA) is 47.0 Å². The van der Waals surface area contributed by atoms with Crippen molar-refractivity contribution in [3.8, 4) is 5.88 Å². The van der Waals surface area contributed by atoms with Crippen LogP contribution in [0.25, 0.3) is 0 Å². The molecule has 1 atom stereocenters. The summed E-state index contributed by atoms with van der Waals surface area (Å²) in [5.41, 5.74) is 0.